The Labute approximate surface area is 136 Å². The maximum Gasteiger partial charge on any atom is 0.240 e. The van der Waals surface area contributed by atoms with E-state index in [2.05, 4.69) is 27.2 Å². The standard InChI is InChI=1S/C17H23N3O3/c1-4-16-18-17(23-19-16)11-20-9-5-6-13(20)12-7-8-14(21-2)15(10-12)22-3/h7-8,10,13H,4-6,9,11H2,1-3H3/t13-/m0/s1. The Kier molecular flexibility index (Phi) is 4.81. The number of rotatable bonds is 6. The Bertz CT molecular complexity index is 656. The van der Waals surface area contributed by atoms with E-state index in [0.717, 1.165) is 43.1 Å². The molecule has 1 fully saturated rings. The topological polar surface area (TPSA) is 60.6 Å². The highest BCUT2D eigenvalue weighted by Crippen LogP contribution is 2.37. The average molecular weight is 317 g/mol. The third-order valence-electron chi connectivity index (χ3n) is 4.32. The monoisotopic (exact) mass is 317 g/mol. The quantitative estimate of drug-likeness (QED) is 0.816. The minimum Gasteiger partial charge on any atom is -0.493 e. The van der Waals surface area contributed by atoms with Gasteiger partial charge in [0.2, 0.25) is 5.89 Å². The van der Waals surface area contributed by atoms with Gasteiger partial charge in [0.25, 0.3) is 0 Å². The molecule has 2 aromatic rings. The summed E-state index contributed by atoms with van der Waals surface area (Å²) in [5.41, 5.74) is 1.23. The van der Waals surface area contributed by atoms with Gasteiger partial charge in [-0.15, -0.1) is 0 Å². The number of aromatic nitrogens is 2. The Hall–Kier alpha value is -2.08. The fraction of sp³-hybridized carbons (Fsp3) is 0.529. The van der Waals surface area contributed by atoms with Crippen LogP contribution in [0.15, 0.2) is 22.7 Å². The molecule has 6 nitrogen and oxygen atoms in total. The summed E-state index contributed by atoms with van der Waals surface area (Å²) >= 11 is 0. The van der Waals surface area contributed by atoms with E-state index in [9.17, 15) is 0 Å². The van der Waals surface area contributed by atoms with Crippen molar-refractivity contribution < 1.29 is 14.0 Å². The first-order valence-electron chi connectivity index (χ1n) is 8.02. The van der Waals surface area contributed by atoms with Crippen molar-refractivity contribution in [2.75, 3.05) is 20.8 Å². The molecule has 124 valence electrons. The predicted molar refractivity (Wildman–Crippen MR) is 85.6 cm³/mol. The zero-order valence-corrected chi connectivity index (χ0v) is 13.9. The number of likely N-dealkylation sites (tertiary alicyclic amines) is 1. The normalized spacial score (nSPS) is 18.3. The molecule has 0 spiro atoms. The van der Waals surface area contributed by atoms with Crippen LogP contribution in [0.3, 0.4) is 0 Å². The van der Waals surface area contributed by atoms with Gasteiger partial charge in [-0.05, 0) is 37.1 Å². The first kappa shape index (κ1) is 15.8. The van der Waals surface area contributed by atoms with E-state index < -0.39 is 0 Å². The van der Waals surface area contributed by atoms with E-state index in [4.69, 9.17) is 14.0 Å². The SMILES string of the molecule is CCc1noc(CN2CCC[C@H]2c2ccc(OC)c(OC)c2)n1. The molecule has 0 unspecified atom stereocenters. The second-order valence-electron chi connectivity index (χ2n) is 5.70. The van der Waals surface area contributed by atoms with Crippen molar-refractivity contribution >= 4 is 0 Å². The zero-order chi connectivity index (χ0) is 16.2. The number of hydrogen-bond acceptors (Lipinski definition) is 6. The predicted octanol–water partition coefficient (Wildman–Crippen LogP) is 2.99. The smallest absolute Gasteiger partial charge is 0.240 e. The van der Waals surface area contributed by atoms with Crippen molar-refractivity contribution in [1.82, 2.24) is 15.0 Å². The third kappa shape index (κ3) is 3.32. The van der Waals surface area contributed by atoms with Crippen molar-refractivity contribution in [3.8, 4) is 11.5 Å². The molecule has 0 radical (unpaired) electrons. The number of methoxy groups -OCH3 is 2. The summed E-state index contributed by atoms with van der Waals surface area (Å²) in [4.78, 5) is 6.80. The molecule has 0 amide bonds. The van der Waals surface area contributed by atoms with Gasteiger partial charge in [0, 0.05) is 12.5 Å². The maximum absolute atomic E-state index is 5.42. The molecular weight excluding hydrogens is 294 g/mol. The van der Waals surface area contributed by atoms with Crippen LogP contribution in [0.5, 0.6) is 11.5 Å². The summed E-state index contributed by atoms with van der Waals surface area (Å²) in [6.45, 7) is 3.74. The fourth-order valence-electron chi connectivity index (χ4n) is 3.12. The van der Waals surface area contributed by atoms with Gasteiger partial charge in [-0.25, -0.2) is 0 Å². The minimum atomic E-state index is 0.340. The highest BCUT2D eigenvalue weighted by atomic mass is 16.5. The lowest BCUT2D eigenvalue weighted by molar-refractivity contribution is 0.212. The van der Waals surface area contributed by atoms with Crippen molar-refractivity contribution in [1.29, 1.82) is 0 Å². The lowest BCUT2D eigenvalue weighted by Gasteiger charge is -2.23. The van der Waals surface area contributed by atoms with Crippen LogP contribution in [0, 0.1) is 0 Å². The van der Waals surface area contributed by atoms with Crippen LogP contribution in [0.25, 0.3) is 0 Å². The van der Waals surface area contributed by atoms with Gasteiger partial charge in [-0.1, -0.05) is 18.1 Å². The molecule has 2 heterocycles. The average Bonchev–Trinajstić information content (AvgIpc) is 3.23. The van der Waals surface area contributed by atoms with Crippen molar-refractivity contribution in [3.63, 3.8) is 0 Å². The van der Waals surface area contributed by atoms with Gasteiger partial charge in [0.15, 0.2) is 17.3 Å². The Morgan fingerprint density at radius 1 is 1.26 bits per heavy atom. The van der Waals surface area contributed by atoms with Gasteiger partial charge in [0.1, 0.15) is 0 Å². The molecule has 3 rings (SSSR count). The van der Waals surface area contributed by atoms with Crippen LogP contribution in [-0.2, 0) is 13.0 Å². The van der Waals surface area contributed by atoms with Crippen LogP contribution in [-0.4, -0.2) is 35.8 Å². The summed E-state index contributed by atoms with van der Waals surface area (Å²) in [5.74, 6) is 2.98. The van der Waals surface area contributed by atoms with Crippen LogP contribution < -0.4 is 9.47 Å². The summed E-state index contributed by atoms with van der Waals surface area (Å²) in [6, 6.07) is 6.47. The van der Waals surface area contributed by atoms with Crippen molar-refractivity contribution in [2.45, 2.75) is 38.8 Å². The van der Waals surface area contributed by atoms with Crippen molar-refractivity contribution in [2.24, 2.45) is 0 Å². The van der Waals surface area contributed by atoms with Gasteiger partial charge in [0.05, 0.1) is 20.8 Å². The number of hydrogen-bond donors (Lipinski definition) is 0. The van der Waals surface area contributed by atoms with E-state index in [1.807, 2.05) is 13.0 Å². The van der Waals surface area contributed by atoms with E-state index in [-0.39, 0.29) is 0 Å². The number of benzene rings is 1. The number of nitrogens with zero attached hydrogens (tertiary/aromatic N) is 3. The zero-order valence-electron chi connectivity index (χ0n) is 13.9. The van der Waals surface area contributed by atoms with Crippen LogP contribution in [0.1, 0.15) is 43.1 Å². The molecule has 1 aliphatic heterocycles. The largest absolute Gasteiger partial charge is 0.493 e. The summed E-state index contributed by atoms with van der Waals surface area (Å²) < 4.78 is 16.1. The lowest BCUT2D eigenvalue weighted by atomic mass is 10.0. The molecule has 1 saturated heterocycles. The first-order valence-corrected chi connectivity index (χ1v) is 8.02. The highest BCUT2D eigenvalue weighted by molar-refractivity contribution is 5.44. The lowest BCUT2D eigenvalue weighted by Crippen LogP contribution is -2.23. The second kappa shape index (κ2) is 7.00. The Balaban J connectivity index is 1.78. The molecule has 23 heavy (non-hydrogen) atoms. The molecule has 1 aromatic carbocycles. The number of ether oxygens (including phenoxy) is 2. The van der Waals surface area contributed by atoms with E-state index in [1.165, 1.54) is 5.56 Å². The molecular formula is C17H23N3O3. The van der Waals surface area contributed by atoms with Gasteiger partial charge < -0.3 is 14.0 Å². The molecule has 1 aliphatic rings. The first-order chi connectivity index (χ1) is 11.2. The van der Waals surface area contributed by atoms with E-state index in [1.54, 1.807) is 14.2 Å². The van der Waals surface area contributed by atoms with Crippen LogP contribution in [0.2, 0.25) is 0 Å². The maximum atomic E-state index is 5.42. The van der Waals surface area contributed by atoms with E-state index >= 15 is 0 Å². The van der Waals surface area contributed by atoms with Gasteiger partial charge >= 0.3 is 0 Å². The summed E-state index contributed by atoms with van der Waals surface area (Å²) in [7, 11) is 3.32. The minimum absolute atomic E-state index is 0.340. The Morgan fingerprint density at radius 3 is 2.78 bits per heavy atom. The molecule has 0 N–H and O–H groups in total. The van der Waals surface area contributed by atoms with Crippen LogP contribution in [0.4, 0.5) is 0 Å². The highest BCUT2D eigenvalue weighted by Gasteiger charge is 2.28. The van der Waals surface area contributed by atoms with Gasteiger partial charge in [-0.2, -0.15) is 4.98 Å². The van der Waals surface area contributed by atoms with E-state index in [0.29, 0.717) is 18.5 Å². The molecule has 1 aromatic heterocycles. The number of aryl methyl sites for hydroxylation is 1. The summed E-state index contributed by atoms with van der Waals surface area (Å²) in [5, 5.41) is 3.98. The molecule has 0 aliphatic carbocycles. The van der Waals surface area contributed by atoms with Crippen LogP contribution >= 0.6 is 0 Å². The Morgan fingerprint density at radius 2 is 2.09 bits per heavy atom. The third-order valence-corrected chi connectivity index (χ3v) is 4.32. The molecule has 0 bridgehead atoms. The van der Waals surface area contributed by atoms with Gasteiger partial charge in [-0.3, -0.25) is 4.90 Å². The fourth-order valence-corrected chi connectivity index (χ4v) is 3.12. The second-order valence-corrected chi connectivity index (χ2v) is 5.70. The van der Waals surface area contributed by atoms with Crippen molar-refractivity contribution in [3.05, 3.63) is 35.5 Å². The molecule has 1 atom stereocenters. The molecule has 6 heteroatoms. The molecule has 0 saturated carbocycles. The summed E-state index contributed by atoms with van der Waals surface area (Å²) in [6.07, 6.45) is 3.07.